The zero-order chi connectivity index (χ0) is 16.5. The number of amides is 1. The molecule has 0 radical (unpaired) electrons. The zero-order valence-electron chi connectivity index (χ0n) is 14.5. The first-order valence-corrected chi connectivity index (χ1v) is 8.37. The third kappa shape index (κ3) is 17.4. The Hall–Kier alpha value is -0.690. The molecule has 0 aliphatic carbocycles. The van der Waals surface area contributed by atoms with E-state index < -0.39 is 0 Å². The summed E-state index contributed by atoms with van der Waals surface area (Å²) in [5.41, 5.74) is 0. The molecule has 0 aromatic rings. The molecule has 0 heterocycles. The normalized spacial score (nSPS) is 11.1. The first-order chi connectivity index (χ1) is 10.7. The molecule has 22 heavy (non-hydrogen) atoms. The fraction of sp³-hybridized carbons (Fsp3) is 0.938. The minimum absolute atomic E-state index is 0.00634. The minimum atomic E-state index is 0.00634. The zero-order valence-corrected chi connectivity index (χ0v) is 14.5. The van der Waals surface area contributed by atoms with Crippen LogP contribution < -0.4 is 10.6 Å². The summed E-state index contributed by atoms with van der Waals surface area (Å²) in [7, 11) is 0. The van der Waals surface area contributed by atoms with Gasteiger partial charge in [-0.2, -0.15) is 0 Å². The predicted molar refractivity (Wildman–Crippen MR) is 88.1 cm³/mol. The molecule has 0 aliphatic heterocycles. The maximum atomic E-state index is 11.4. The number of nitrogens with one attached hydrogen (secondary N) is 2. The summed E-state index contributed by atoms with van der Waals surface area (Å²) < 4.78 is 16.2. The van der Waals surface area contributed by atoms with Gasteiger partial charge >= 0.3 is 0 Å². The van der Waals surface area contributed by atoms with Crippen LogP contribution in [0.3, 0.4) is 0 Å². The molecular formula is C16H34N2O4. The van der Waals surface area contributed by atoms with E-state index in [0.717, 1.165) is 26.0 Å². The van der Waals surface area contributed by atoms with Crippen molar-refractivity contribution in [2.45, 2.75) is 33.6 Å². The van der Waals surface area contributed by atoms with Crippen molar-refractivity contribution >= 4 is 5.91 Å². The summed E-state index contributed by atoms with van der Waals surface area (Å²) in [4.78, 5) is 11.4. The average molecular weight is 318 g/mol. The van der Waals surface area contributed by atoms with Crippen molar-refractivity contribution in [3.05, 3.63) is 0 Å². The van der Waals surface area contributed by atoms with E-state index in [4.69, 9.17) is 14.2 Å². The van der Waals surface area contributed by atoms with Gasteiger partial charge in [0.2, 0.25) is 5.91 Å². The molecule has 0 spiro atoms. The minimum Gasteiger partial charge on any atom is -0.379 e. The van der Waals surface area contributed by atoms with Crippen LogP contribution in [-0.2, 0) is 19.0 Å². The van der Waals surface area contributed by atoms with Gasteiger partial charge in [-0.25, -0.2) is 0 Å². The van der Waals surface area contributed by atoms with E-state index in [2.05, 4.69) is 31.4 Å². The molecule has 0 aliphatic rings. The van der Waals surface area contributed by atoms with Gasteiger partial charge in [0.25, 0.3) is 0 Å². The molecule has 0 fully saturated rings. The van der Waals surface area contributed by atoms with Gasteiger partial charge in [0, 0.05) is 13.2 Å². The van der Waals surface area contributed by atoms with E-state index in [1.54, 1.807) is 0 Å². The first-order valence-electron chi connectivity index (χ1n) is 8.37. The third-order valence-corrected chi connectivity index (χ3v) is 2.86. The van der Waals surface area contributed by atoms with Gasteiger partial charge in [-0.1, -0.05) is 20.8 Å². The smallest absolute Gasteiger partial charge is 0.234 e. The number of rotatable bonds is 16. The van der Waals surface area contributed by atoms with E-state index >= 15 is 0 Å². The summed E-state index contributed by atoms with van der Waals surface area (Å²) in [6, 6.07) is 0. The Morgan fingerprint density at radius 3 is 2.09 bits per heavy atom. The van der Waals surface area contributed by atoms with Crippen molar-refractivity contribution in [2.24, 2.45) is 5.92 Å². The molecule has 0 bridgehead atoms. The molecule has 0 atom stereocenters. The second kappa shape index (κ2) is 16.7. The summed E-state index contributed by atoms with van der Waals surface area (Å²) in [5, 5.41) is 5.83. The first kappa shape index (κ1) is 21.3. The van der Waals surface area contributed by atoms with Gasteiger partial charge in [0.1, 0.15) is 0 Å². The Labute approximate surface area is 135 Å². The average Bonchev–Trinajstić information content (AvgIpc) is 2.48. The number of carbonyl (C=O) groups is 1. The standard InChI is InChI=1S/C16H34N2O4/c1-4-6-17-14-16(19)18-7-9-21-11-13-22-12-10-20-8-5-15(2)3/h15,17H,4-14H2,1-3H3,(H,18,19). The predicted octanol–water partition coefficient (Wildman–Crippen LogP) is 1.20. The highest BCUT2D eigenvalue weighted by Crippen LogP contribution is 1.98. The number of hydrogen-bond acceptors (Lipinski definition) is 5. The second-order valence-electron chi connectivity index (χ2n) is 5.55. The van der Waals surface area contributed by atoms with Crippen LogP contribution in [0, 0.1) is 5.92 Å². The molecule has 132 valence electrons. The monoisotopic (exact) mass is 318 g/mol. The lowest BCUT2D eigenvalue weighted by atomic mass is 10.1. The lowest BCUT2D eigenvalue weighted by Crippen LogP contribution is -2.36. The van der Waals surface area contributed by atoms with Crippen molar-refractivity contribution in [1.29, 1.82) is 0 Å². The molecular weight excluding hydrogens is 284 g/mol. The Morgan fingerprint density at radius 1 is 0.909 bits per heavy atom. The highest BCUT2D eigenvalue weighted by Gasteiger charge is 1.99. The van der Waals surface area contributed by atoms with E-state index in [0.29, 0.717) is 52.0 Å². The SMILES string of the molecule is CCCNCC(=O)NCCOCCOCCOCCC(C)C. The Bertz CT molecular complexity index is 250. The van der Waals surface area contributed by atoms with Gasteiger partial charge in [-0.15, -0.1) is 0 Å². The van der Waals surface area contributed by atoms with Crippen molar-refractivity contribution in [3.8, 4) is 0 Å². The van der Waals surface area contributed by atoms with Crippen LogP contribution in [0.1, 0.15) is 33.6 Å². The van der Waals surface area contributed by atoms with Crippen LogP contribution in [0.2, 0.25) is 0 Å². The van der Waals surface area contributed by atoms with Gasteiger partial charge in [-0.05, 0) is 25.3 Å². The highest BCUT2D eigenvalue weighted by molar-refractivity contribution is 5.77. The van der Waals surface area contributed by atoms with E-state index in [1.165, 1.54) is 0 Å². The molecule has 0 rings (SSSR count). The molecule has 6 nitrogen and oxygen atoms in total. The van der Waals surface area contributed by atoms with Crippen molar-refractivity contribution in [1.82, 2.24) is 10.6 Å². The van der Waals surface area contributed by atoms with Crippen LogP contribution in [-0.4, -0.2) is 65.2 Å². The second-order valence-corrected chi connectivity index (χ2v) is 5.55. The fourth-order valence-corrected chi connectivity index (χ4v) is 1.56. The van der Waals surface area contributed by atoms with Crippen LogP contribution in [0.5, 0.6) is 0 Å². The topological polar surface area (TPSA) is 68.8 Å². The maximum absolute atomic E-state index is 11.4. The van der Waals surface area contributed by atoms with Crippen molar-refractivity contribution < 1.29 is 19.0 Å². The van der Waals surface area contributed by atoms with E-state index in [-0.39, 0.29) is 5.91 Å². The Balaban J connectivity index is 3.09. The van der Waals surface area contributed by atoms with Gasteiger partial charge < -0.3 is 24.8 Å². The van der Waals surface area contributed by atoms with Gasteiger partial charge in [0.15, 0.2) is 0 Å². The molecule has 0 saturated carbocycles. The van der Waals surface area contributed by atoms with Crippen LogP contribution >= 0.6 is 0 Å². The maximum Gasteiger partial charge on any atom is 0.234 e. The lowest BCUT2D eigenvalue weighted by Gasteiger charge is -2.08. The summed E-state index contributed by atoms with van der Waals surface area (Å²) in [6.45, 7) is 11.8. The lowest BCUT2D eigenvalue weighted by molar-refractivity contribution is -0.120. The van der Waals surface area contributed by atoms with Crippen LogP contribution in [0.15, 0.2) is 0 Å². The molecule has 0 aromatic carbocycles. The molecule has 1 amide bonds. The third-order valence-electron chi connectivity index (χ3n) is 2.86. The van der Waals surface area contributed by atoms with Crippen LogP contribution in [0.25, 0.3) is 0 Å². The summed E-state index contributed by atoms with van der Waals surface area (Å²) in [5.74, 6) is 0.684. The summed E-state index contributed by atoms with van der Waals surface area (Å²) >= 11 is 0. The van der Waals surface area contributed by atoms with E-state index in [1.807, 2.05) is 0 Å². The van der Waals surface area contributed by atoms with Crippen molar-refractivity contribution in [3.63, 3.8) is 0 Å². The molecule has 2 N–H and O–H groups in total. The Morgan fingerprint density at radius 2 is 1.50 bits per heavy atom. The largest absolute Gasteiger partial charge is 0.379 e. The molecule has 0 unspecified atom stereocenters. The van der Waals surface area contributed by atoms with E-state index in [9.17, 15) is 4.79 Å². The number of hydrogen-bond donors (Lipinski definition) is 2. The van der Waals surface area contributed by atoms with Gasteiger partial charge in [0.05, 0.1) is 39.6 Å². The molecule has 0 aromatic heterocycles. The molecule has 6 heteroatoms. The van der Waals surface area contributed by atoms with Gasteiger partial charge in [-0.3, -0.25) is 4.79 Å². The summed E-state index contributed by atoms with van der Waals surface area (Å²) in [6.07, 6.45) is 2.11. The van der Waals surface area contributed by atoms with Crippen LogP contribution in [0.4, 0.5) is 0 Å². The van der Waals surface area contributed by atoms with Crippen molar-refractivity contribution in [2.75, 3.05) is 59.3 Å². The highest BCUT2D eigenvalue weighted by atomic mass is 16.5. The number of carbonyl (C=O) groups excluding carboxylic acids is 1. The number of ether oxygens (including phenoxy) is 3. The quantitative estimate of drug-likeness (QED) is 0.419. The fourth-order valence-electron chi connectivity index (χ4n) is 1.56. The molecule has 0 saturated heterocycles. The Kier molecular flexibility index (Phi) is 16.2.